The van der Waals surface area contributed by atoms with Crippen LogP contribution in [0.1, 0.15) is 26.2 Å². The molecule has 0 aliphatic rings. The Morgan fingerprint density at radius 2 is 1.31 bits per heavy atom. The van der Waals surface area contributed by atoms with Crippen LogP contribution in [0.3, 0.4) is 0 Å². The molecule has 0 aromatic carbocycles. The highest BCUT2D eigenvalue weighted by molar-refractivity contribution is 5.96. The average molecular weight is 418 g/mol. The van der Waals surface area contributed by atoms with Crippen LogP contribution in [-0.4, -0.2) is 76.5 Å². The summed E-state index contributed by atoms with van der Waals surface area (Å²) in [5, 5.41) is 24.7. The first-order valence-corrected chi connectivity index (χ1v) is 8.46. The van der Waals surface area contributed by atoms with Gasteiger partial charge in [0.2, 0.25) is 29.5 Å². The molecule has 5 amide bonds. The zero-order valence-electron chi connectivity index (χ0n) is 15.7. The molecule has 11 N–H and O–H groups in total. The van der Waals surface area contributed by atoms with Crippen LogP contribution in [0.4, 0.5) is 0 Å². The van der Waals surface area contributed by atoms with E-state index >= 15 is 0 Å². The van der Waals surface area contributed by atoms with Gasteiger partial charge in [-0.05, 0) is 13.3 Å². The Bertz CT molecular complexity index is 653. The summed E-state index contributed by atoms with van der Waals surface area (Å²) in [5.41, 5.74) is 15.3. The first kappa shape index (κ1) is 25.7. The largest absolute Gasteiger partial charge is 0.480 e. The predicted molar refractivity (Wildman–Crippen MR) is 96.4 cm³/mol. The quantitative estimate of drug-likeness (QED) is 0.142. The van der Waals surface area contributed by atoms with E-state index in [1.54, 1.807) is 0 Å². The fourth-order valence-corrected chi connectivity index (χ4v) is 2.00. The summed E-state index contributed by atoms with van der Waals surface area (Å²) in [6.45, 7) is 0.495. The van der Waals surface area contributed by atoms with Crippen molar-refractivity contribution in [3.63, 3.8) is 0 Å². The first-order valence-electron chi connectivity index (χ1n) is 8.46. The molecule has 0 radical (unpaired) electrons. The van der Waals surface area contributed by atoms with Gasteiger partial charge in [-0.15, -0.1) is 0 Å². The number of amides is 5. The van der Waals surface area contributed by atoms with E-state index in [-0.39, 0.29) is 12.8 Å². The van der Waals surface area contributed by atoms with Crippen LogP contribution in [-0.2, 0) is 28.8 Å². The third-order valence-corrected chi connectivity index (χ3v) is 3.56. The van der Waals surface area contributed by atoms with Crippen LogP contribution in [0.2, 0.25) is 0 Å². The summed E-state index contributed by atoms with van der Waals surface area (Å²) in [7, 11) is 0. The maximum atomic E-state index is 12.3. The number of rotatable bonds is 13. The van der Waals surface area contributed by atoms with E-state index in [0.717, 1.165) is 0 Å². The molecule has 14 heteroatoms. The minimum Gasteiger partial charge on any atom is -0.480 e. The molecule has 4 unspecified atom stereocenters. The molecule has 29 heavy (non-hydrogen) atoms. The van der Waals surface area contributed by atoms with Gasteiger partial charge in [-0.1, -0.05) is 0 Å². The molecule has 14 nitrogen and oxygen atoms in total. The van der Waals surface area contributed by atoms with Crippen molar-refractivity contribution < 1.29 is 39.0 Å². The van der Waals surface area contributed by atoms with Gasteiger partial charge in [-0.3, -0.25) is 24.0 Å². The molecule has 164 valence electrons. The summed E-state index contributed by atoms with van der Waals surface area (Å²) < 4.78 is 0. The molecule has 0 fully saturated rings. The number of primary amides is 2. The van der Waals surface area contributed by atoms with Crippen LogP contribution in [0.25, 0.3) is 0 Å². The fraction of sp³-hybridized carbons (Fsp3) is 0.600. The number of aliphatic hydroxyl groups is 1. The molecule has 0 aromatic rings. The minimum atomic E-state index is -1.60. The van der Waals surface area contributed by atoms with Gasteiger partial charge in [0.1, 0.15) is 18.1 Å². The maximum Gasteiger partial charge on any atom is 0.326 e. The highest BCUT2D eigenvalue weighted by Crippen LogP contribution is 2.01. The Balaban J connectivity index is 5.25. The molecule has 0 saturated heterocycles. The van der Waals surface area contributed by atoms with Crippen molar-refractivity contribution in [2.75, 3.05) is 6.61 Å². The highest BCUT2D eigenvalue weighted by atomic mass is 16.4. The zero-order chi connectivity index (χ0) is 22.7. The first-order chi connectivity index (χ1) is 13.4. The van der Waals surface area contributed by atoms with Crippen LogP contribution in [0.5, 0.6) is 0 Å². The molecular weight excluding hydrogens is 392 g/mol. The second-order valence-electron chi connectivity index (χ2n) is 6.17. The Labute approximate surface area is 165 Å². The summed E-state index contributed by atoms with van der Waals surface area (Å²) in [5.74, 6) is -6.12. The summed E-state index contributed by atoms with van der Waals surface area (Å²) in [6.07, 6.45) is -1.35. The maximum absolute atomic E-state index is 12.3. The Kier molecular flexibility index (Phi) is 10.9. The van der Waals surface area contributed by atoms with Crippen LogP contribution in [0.15, 0.2) is 0 Å². The van der Waals surface area contributed by atoms with Gasteiger partial charge in [-0.25, -0.2) is 4.79 Å². The molecule has 0 rings (SSSR count). The van der Waals surface area contributed by atoms with Crippen LogP contribution < -0.4 is 33.2 Å². The standard InChI is InChI=1S/C15H26N6O8/c1-6(16)12(25)21-9(5-22)14(27)20-8(4-11(18)24)13(26)19-7(15(28)29)2-3-10(17)23/h6-9,22H,2-5,16H2,1H3,(H2,17,23)(H2,18,24)(H,19,26)(H,20,27)(H,21,25)(H,28,29). The third kappa shape index (κ3) is 10.0. The van der Waals surface area contributed by atoms with Gasteiger partial charge in [0.15, 0.2) is 0 Å². The smallest absolute Gasteiger partial charge is 0.326 e. The Morgan fingerprint density at radius 3 is 1.72 bits per heavy atom. The number of carbonyl (C=O) groups is 6. The van der Waals surface area contributed by atoms with E-state index in [9.17, 15) is 33.9 Å². The number of carbonyl (C=O) groups excluding carboxylic acids is 5. The second-order valence-corrected chi connectivity index (χ2v) is 6.17. The summed E-state index contributed by atoms with van der Waals surface area (Å²) in [4.78, 5) is 69.4. The molecule has 0 aliphatic heterocycles. The topological polar surface area (TPSA) is 257 Å². The SMILES string of the molecule is CC(N)C(=O)NC(CO)C(=O)NC(CC(N)=O)C(=O)NC(CCC(N)=O)C(=O)O. The van der Waals surface area contributed by atoms with Crippen LogP contribution in [0, 0.1) is 0 Å². The number of nitrogens with one attached hydrogen (secondary N) is 3. The number of aliphatic hydroxyl groups excluding tert-OH is 1. The number of carboxylic acid groups (broad SMARTS) is 1. The minimum absolute atomic E-state index is 0.322. The van der Waals surface area contributed by atoms with E-state index in [1.165, 1.54) is 6.92 Å². The van der Waals surface area contributed by atoms with Crippen molar-refractivity contribution in [3.05, 3.63) is 0 Å². The van der Waals surface area contributed by atoms with E-state index in [0.29, 0.717) is 0 Å². The van der Waals surface area contributed by atoms with Crippen molar-refractivity contribution in [2.45, 2.75) is 50.4 Å². The van der Waals surface area contributed by atoms with E-state index < -0.39 is 72.7 Å². The van der Waals surface area contributed by atoms with E-state index in [1.807, 2.05) is 0 Å². The van der Waals surface area contributed by atoms with E-state index in [2.05, 4.69) is 16.0 Å². The Hall–Kier alpha value is -3.26. The Morgan fingerprint density at radius 1 is 0.828 bits per heavy atom. The average Bonchev–Trinajstić information content (AvgIpc) is 2.60. The lowest BCUT2D eigenvalue weighted by Gasteiger charge is -2.23. The molecule has 0 bridgehead atoms. The van der Waals surface area contributed by atoms with Crippen molar-refractivity contribution in [2.24, 2.45) is 17.2 Å². The van der Waals surface area contributed by atoms with Gasteiger partial charge < -0.3 is 43.4 Å². The molecule has 4 atom stereocenters. The monoisotopic (exact) mass is 418 g/mol. The molecule has 0 heterocycles. The zero-order valence-corrected chi connectivity index (χ0v) is 15.7. The fourth-order valence-electron chi connectivity index (χ4n) is 2.00. The summed E-state index contributed by atoms with van der Waals surface area (Å²) in [6, 6.07) is -5.59. The lowest BCUT2D eigenvalue weighted by Crippen LogP contribution is -2.58. The number of nitrogens with two attached hydrogens (primary N) is 3. The van der Waals surface area contributed by atoms with Gasteiger partial charge in [0.25, 0.3) is 0 Å². The number of hydrogen-bond acceptors (Lipinski definition) is 8. The molecular formula is C15H26N6O8. The number of carboxylic acids is 1. The van der Waals surface area contributed by atoms with Gasteiger partial charge >= 0.3 is 5.97 Å². The second kappa shape index (κ2) is 12.2. The third-order valence-electron chi connectivity index (χ3n) is 3.56. The predicted octanol–water partition coefficient (Wildman–Crippen LogP) is -4.99. The van der Waals surface area contributed by atoms with Crippen molar-refractivity contribution >= 4 is 35.5 Å². The number of aliphatic carboxylic acids is 1. The normalized spacial score (nSPS) is 14.6. The van der Waals surface area contributed by atoms with Crippen molar-refractivity contribution in [3.8, 4) is 0 Å². The lowest BCUT2D eigenvalue weighted by atomic mass is 10.1. The molecule has 0 spiro atoms. The molecule has 0 aliphatic carbocycles. The van der Waals surface area contributed by atoms with Crippen molar-refractivity contribution in [1.29, 1.82) is 0 Å². The summed E-state index contributed by atoms with van der Waals surface area (Å²) >= 11 is 0. The molecule has 0 saturated carbocycles. The highest BCUT2D eigenvalue weighted by Gasteiger charge is 2.30. The molecule has 0 aromatic heterocycles. The lowest BCUT2D eigenvalue weighted by molar-refractivity contribution is -0.142. The van der Waals surface area contributed by atoms with Gasteiger partial charge in [0.05, 0.1) is 19.1 Å². The number of hydrogen-bond donors (Lipinski definition) is 8. The van der Waals surface area contributed by atoms with Crippen molar-refractivity contribution in [1.82, 2.24) is 16.0 Å². The van der Waals surface area contributed by atoms with E-state index in [4.69, 9.17) is 22.3 Å². The van der Waals surface area contributed by atoms with Gasteiger partial charge in [0, 0.05) is 6.42 Å². The van der Waals surface area contributed by atoms with Gasteiger partial charge in [-0.2, -0.15) is 0 Å². The van der Waals surface area contributed by atoms with Crippen LogP contribution >= 0.6 is 0 Å².